The Morgan fingerprint density at radius 2 is 1.79 bits per heavy atom. The van der Waals surface area contributed by atoms with Crippen molar-refractivity contribution >= 4 is 17.3 Å². The van der Waals surface area contributed by atoms with E-state index in [-0.39, 0.29) is 0 Å². The lowest BCUT2D eigenvalue weighted by molar-refractivity contribution is 1.31. The maximum absolute atomic E-state index is 5.88. The third-order valence-corrected chi connectivity index (χ3v) is 3.14. The second-order valence-corrected chi connectivity index (χ2v) is 4.71. The minimum atomic E-state index is 0.722. The van der Waals surface area contributed by atoms with Crippen LogP contribution in [0.5, 0.6) is 0 Å². The van der Waals surface area contributed by atoms with Crippen molar-refractivity contribution in [3.05, 3.63) is 59.8 Å². The molecule has 3 N–H and O–H groups in total. The van der Waals surface area contributed by atoms with Crippen molar-refractivity contribution < 1.29 is 0 Å². The van der Waals surface area contributed by atoms with E-state index in [1.54, 1.807) is 0 Å². The number of aromatic nitrogens is 2. The van der Waals surface area contributed by atoms with Crippen LogP contribution in [0.1, 0.15) is 0 Å². The Bertz CT molecular complexity index is 701. The van der Waals surface area contributed by atoms with Gasteiger partial charge in [0.1, 0.15) is 5.82 Å². The maximum atomic E-state index is 5.88. The van der Waals surface area contributed by atoms with Gasteiger partial charge in [0.2, 0.25) is 0 Å². The van der Waals surface area contributed by atoms with Gasteiger partial charge in [-0.15, -0.1) is 0 Å². The first-order valence-corrected chi connectivity index (χ1v) is 6.27. The Labute approximate surface area is 116 Å². The van der Waals surface area contributed by atoms with Crippen LogP contribution in [-0.2, 0) is 0 Å². The molecule has 19 heavy (non-hydrogen) atoms. The smallest absolute Gasteiger partial charge is 0.137 e. The summed E-state index contributed by atoms with van der Waals surface area (Å²) >= 11 is 5.88. The van der Waals surface area contributed by atoms with E-state index in [2.05, 4.69) is 9.97 Å². The quantitative estimate of drug-likeness (QED) is 0.692. The molecule has 3 aromatic rings. The van der Waals surface area contributed by atoms with Gasteiger partial charge in [-0.2, -0.15) is 0 Å². The number of H-pyrrole nitrogens is 1. The van der Waals surface area contributed by atoms with E-state index >= 15 is 0 Å². The van der Waals surface area contributed by atoms with Gasteiger partial charge in [0.05, 0.1) is 11.9 Å². The molecule has 3 rings (SSSR count). The second kappa shape index (κ2) is 4.78. The Hall–Kier alpha value is -2.26. The number of rotatable bonds is 2. The molecule has 0 spiro atoms. The van der Waals surface area contributed by atoms with Crippen LogP contribution in [0.25, 0.3) is 22.6 Å². The number of hydrogen-bond donors (Lipinski definition) is 2. The Kier molecular flexibility index (Phi) is 2.97. The number of nitrogens with one attached hydrogen (secondary N) is 1. The van der Waals surface area contributed by atoms with Gasteiger partial charge >= 0.3 is 0 Å². The third kappa shape index (κ3) is 2.46. The van der Waals surface area contributed by atoms with Crippen LogP contribution < -0.4 is 5.73 Å². The Balaban J connectivity index is 1.97. The summed E-state index contributed by atoms with van der Waals surface area (Å²) in [6, 6.07) is 15.3. The number of nitrogens with two attached hydrogens (primary N) is 1. The van der Waals surface area contributed by atoms with Crippen LogP contribution in [0.4, 0.5) is 5.69 Å². The number of imidazole rings is 1. The second-order valence-electron chi connectivity index (χ2n) is 4.28. The molecule has 0 saturated heterocycles. The summed E-state index contributed by atoms with van der Waals surface area (Å²) < 4.78 is 0. The van der Waals surface area contributed by atoms with Crippen LogP contribution in [0, 0.1) is 0 Å². The first kappa shape index (κ1) is 11.8. The summed E-state index contributed by atoms with van der Waals surface area (Å²) in [5.41, 5.74) is 9.47. The molecule has 94 valence electrons. The van der Waals surface area contributed by atoms with Crippen molar-refractivity contribution in [1.82, 2.24) is 9.97 Å². The van der Waals surface area contributed by atoms with Crippen molar-refractivity contribution in [1.29, 1.82) is 0 Å². The number of hydrogen-bond acceptors (Lipinski definition) is 2. The Morgan fingerprint density at radius 3 is 2.53 bits per heavy atom. The fraction of sp³-hybridized carbons (Fsp3) is 0. The van der Waals surface area contributed by atoms with Crippen LogP contribution in [0.3, 0.4) is 0 Å². The highest BCUT2D eigenvalue weighted by Crippen LogP contribution is 2.24. The molecule has 0 saturated carbocycles. The predicted octanol–water partition coefficient (Wildman–Crippen LogP) is 3.98. The van der Waals surface area contributed by atoms with Crippen molar-refractivity contribution in [3.63, 3.8) is 0 Å². The number of nitrogen functional groups attached to an aromatic ring is 1. The van der Waals surface area contributed by atoms with Crippen LogP contribution in [0.15, 0.2) is 54.7 Å². The normalized spacial score (nSPS) is 10.6. The lowest BCUT2D eigenvalue weighted by atomic mass is 10.2. The molecule has 2 aromatic carbocycles. The molecule has 0 aliphatic carbocycles. The van der Waals surface area contributed by atoms with E-state index in [0.717, 1.165) is 33.4 Å². The number of nitrogens with zero attached hydrogens (tertiary/aromatic N) is 1. The van der Waals surface area contributed by atoms with Gasteiger partial charge in [0.25, 0.3) is 0 Å². The lowest BCUT2D eigenvalue weighted by Crippen LogP contribution is -1.86. The summed E-state index contributed by atoms with van der Waals surface area (Å²) in [6.45, 7) is 0. The number of anilines is 1. The molecule has 1 aromatic heterocycles. The van der Waals surface area contributed by atoms with E-state index in [0.29, 0.717) is 0 Å². The van der Waals surface area contributed by atoms with Crippen molar-refractivity contribution in [2.75, 3.05) is 5.73 Å². The van der Waals surface area contributed by atoms with Gasteiger partial charge in [-0.25, -0.2) is 4.98 Å². The molecule has 0 aliphatic rings. The molecule has 3 nitrogen and oxygen atoms in total. The van der Waals surface area contributed by atoms with Gasteiger partial charge in [0.15, 0.2) is 0 Å². The molecule has 0 amide bonds. The zero-order chi connectivity index (χ0) is 13.2. The molecule has 0 atom stereocenters. The van der Waals surface area contributed by atoms with E-state index in [1.807, 2.05) is 54.7 Å². The zero-order valence-corrected chi connectivity index (χ0v) is 10.9. The van der Waals surface area contributed by atoms with E-state index in [4.69, 9.17) is 17.3 Å². The van der Waals surface area contributed by atoms with Crippen molar-refractivity contribution in [3.8, 4) is 22.6 Å². The molecule has 0 radical (unpaired) electrons. The fourth-order valence-corrected chi connectivity index (χ4v) is 2.06. The maximum Gasteiger partial charge on any atom is 0.137 e. The summed E-state index contributed by atoms with van der Waals surface area (Å²) in [5, 5.41) is 0.722. The molecule has 0 aliphatic heterocycles. The minimum Gasteiger partial charge on any atom is -0.399 e. The van der Waals surface area contributed by atoms with E-state index in [1.165, 1.54) is 0 Å². The van der Waals surface area contributed by atoms with Crippen molar-refractivity contribution in [2.45, 2.75) is 0 Å². The summed E-state index contributed by atoms with van der Waals surface area (Å²) in [6.07, 6.45) is 1.81. The highest BCUT2D eigenvalue weighted by Gasteiger charge is 2.05. The molecule has 4 heteroatoms. The molecule has 1 heterocycles. The molecule has 0 fully saturated rings. The molecule has 0 bridgehead atoms. The van der Waals surface area contributed by atoms with Gasteiger partial charge in [0, 0.05) is 16.3 Å². The fourth-order valence-electron chi connectivity index (χ4n) is 1.93. The first-order valence-electron chi connectivity index (χ1n) is 5.89. The molecular weight excluding hydrogens is 258 g/mol. The predicted molar refractivity (Wildman–Crippen MR) is 78.9 cm³/mol. The van der Waals surface area contributed by atoms with E-state index in [9.17, 15) is 0 Å². The SMILES string of the molecule is Nc1cccc(-c2ncc(-c3ccc(Cl)cc3)[nH]2)c1. The van der Waals surface area contributed by atoms with Gasteiger partial charge in [-0.3, -0.25) is 0 Å². The number of benzene rings is 2. The van der Waals surface area contributed by atoms with Crippen LogP contribution in [0.2, 0.25) is 5.02 Å². The van der Waals surface area contributed by atoms with Gasteiger partial charge in [-0.05, 0) is 29.8 Å². The van der Waals surface area contributed by atoms with E-state index < -0.39 is 0 Å². The van der Waals surface area contributed by atoms with Crippen LogP contribution >= 0.6 is 11.6 Å². The first-order chi connectivity index (χ1) is 9.22. The highest BCUT2D eigenvalue weighted by molar-refractivity contribution is 6.30. The number of halogens is 1. The largest absolute Gasteiger partial charge is 0.399 e. The van der Waals surface area contributed by atoms with Crippen LogP contribution in [-0.4, -0.2) is 9.97 Å². The standard InChI is InChI=1S/C15H12ClN3/c16-12-6-4-10(5-7-12)14-9-18-15(19-14)11-2-1-3-13(17)8-11/h1-9H,17H2,(H,18,19). The highest BCUT2D eigenvalue weighted by atomic mass is 35.5. The van der Waals surface area contributed by atoms with Crippen molar-refractivity contribution in [2.24, 2.45) is 0 Å². The average molecular weight is 270 g/mol. The zero-order valence-electron chi connectivity index (χ0n) is 10.1. The summed E-state index contributed by atoms with van der Waals surface area (Å²) in [5.74, 6) is 0.803. The molecule has 0 unspecified atom stereocenters. The lowest BCUT2D eigenvalue weighted by Gasteiger charge is -1.99. The number of aromatic amines is 1. The average Bonchev–Trinajstić information content (AvgIpc) is 2.89. The monoisotopic (exact) mass is 269 g/mol. The molecular formula is C15H12ClN3. The van der Waals surface area contributed by atoms with Gasteiger partial charge < -0.3 is 10.7 Å². The third-order valence-electron chi connectivity index (χ3n) is 2.89. The topological polar surface area (TPSA) is 54.7 Å². The summed E-state index contributed by atoms with van der Waals surface area (Å²) in [7, 11) is 0. The summed E-state index contributed by atoms with van der Waals surface area (Å²) in [4.78, 5) is 7.66. The Morgan fingerprint density at radius 1 is 1.00 bits per heavy atom. The van der Waals surface area contributed by atoms with Gasteiger partial charge in [-0.1, -0.05) is 35.9 Å². The minimum absolute atomic E-state index is 0.722.